The van der Waals surface area contributed by atoms with Gasteiger partial charge in [0.05, 0.1) is 6.04 Å². The van der Waals surface area contributed by atoms with Crippen LogP contribution in [0.25, 0.3) is 6.08 Å². The van der Waals surface area contributed by atoms with E-state index in [1.54, 1.807) is 26.8 Å². The minimum Gasteiger partial charge on any atom is -0.491 e. The lowest BCUT2D eigenvalue weighted by Gasteiger charge is -2.23. The number of nitrogens with one attached hydrogen (secondary N) is 1. The molecule has 1 atom stereocenters. The van der Waals surface area contributed by atoms with Crippen molar-refractivity contribution >= 4 is 18.1 Å². The number of alkyl carbamates (subject to hydrolysis) is 1. The van der Waals surface area contributed by atoms with E-state index < -0.39 is 17.7 Å². The number of carbonyl (C=O) groups excluding carboxylic acids is 2. The first-order chi connectivity index (χ1) is 14.7. The first-order valence-corrected chi connectivity index (χ1v) is 10.3. The molecule has 0 aliphatic rings. The maximum atomic E-state index is 12.2. The highest BCUT2D eigenvalue weighted by molar-refractivity contribution is 5.70. The summed E-state index contributed by atoms with van der Waals surface area (Å²) in [4.78, 5) is 24.4. The van der Waals surface area contributed by atoms with Gasteiger partial charge in [0.1, 0.15) is 24.6 Å². The van der Waals surface area contributed by atoms with Gasteiger partial charge in [-0.25, -0.2) is 4.79 Å². The third-order valence-corrected chi connectivity index (χ3v) is 4.21. The van der Waals surface area contributed by atoms with Crippen LogP contribution in [0.15, 0.2) is 61.2 Å². The average Bonchev–Trinajstić information content (AvgIpc) is 2.73. The summed E-state index contributed by atoms with van der Waals surface area (Å²) in [5.41, 5.74) is 1.23. The van der Waals surface area contributed by atoms with E-state index in [1.807, 2.05) is 54.6 Å². The highest BCUT2D eigenvalue weighted by Gasteiger charge is 2.21. The van der Waals surface area contributed by atoms with Crippen molar-refractivity contribution in [3.63, 3.8) is 0 Å². The quantitative estimate of drug-likeness (QED) is 0.535. The van der Waals surface area contributed by atoms with Crippen LogP contribution in [0.1, 0.15) is 44.7 Å². The molecule has 0 saturated carbocycles. The first-order valence-electron chi connectivity index (χ1n) is 10.3. The molecule has 0 aliphatic heterocycles. The van der Waals surface area contributed by atoms with Crippen LogP contribution < -0.4 is 10.1 Å². The van der Waals surface area contributed by atoms with Crippen molar-refractivity contribution in [1.29, 1.82) is 0 Å². The third-order valence-electron chi connectivity index (χ3n) is 4.21. The number of ether oxygens (including phenoxy) is 3. The molecule has 0 saturated heterocycles. The number of amides is 1. The van der Waals surface area contributed by atoms with Crippen LogP contribution in [0.5, 0.6) is 5.75 Å². The highest BCUT2D eigenvalue weighted by atomic mass is 16.6. The Morgan fingerprint density at radius 2 is 1.84 bits per heavy atom. The molecule has 0 unspecified atom stereocenters. The Morgan fingerprint density at radius 1 is 1.10 bits per heavy atom. The van der Waals surface area contributed by atoms with Crippen LogP contribution >= 0.6 is 0 Å². The van der Waals surface area contributed by atoms with Gasteiger partial charge >= 0.3 is 12.1 Å². The molecule has 31 heavy (non-hydrogen) atoms. The molecule has 2 aromatic rings. The number of esters is 1. The fraction of sp³-hybridized carbons (Fsp3) is 0.360. The van der Waals surface area contributed by atoms with E-state index in [9.17, 15) is 9.59 Å². The first kappa shape index (κ1) is 24.0. The summed E-state index contributed by atoms with van der Waals surface area (Å²) < 4.78 is 16.5. The Bertz CT molecular complexity index is 858. The Hall–Kier alpha value is -3.28. The van der Waals surface area contributed by atoms with Crippen molar-refractivity contribution in [3.8, 4) is 5.75 Å². The standard InChI is InChI=1S/C25H31NO5/c1-5-19-12-9-13-22(16-19)29-18-21(26-24(28)31-25(2,3)4)14-15-23(27)30-17-20-10-7-6-8-11-20/h5-13,16,21H,1,14-15,17-18H2,2-4H3,(H,26,28)/t21-/m0/s1. The smallest absolute Gasteiger partial charge is 0.407 e. The van der Waals surface area contributed by atoms with Crippen LogP contribution in [-0.2, 0) is 20.9 Å². The van der Waals surface area contributed by atoms with Gasteiger partial charge in [0.15, 0.2) is 0 Å². The van der Waals surface area contributed by atoms with E-state index in [0.29, 0.717) is 12.2 Å². The second kappa shape index (κ2) is 11.8. The second-order valence-electron chi connectivity index (χ2n) is 8.12. The Kier molecular flexibility index (Phi) is 9.13. The van der Waals surface area contributed by atoms with Crippen molar-refractivity contribution in [3.05, 3.63) is 72.3 Å². The van der Waals surface area contributed by atoms with Crippen LogP contribution in [-0.4, -0.2) is 30.3 Å². The maximum Gasteiger partial charge on any atom is 0.407 e. The largest absolute Gasteiger partial charge is 0.491 e. The van der Waals surface area contributed by atoms with E-state index >= 15 is 0 Å². The van der Waals surface area contributed by atoms with E-state index in [4.69, 9.17) is 14.2 Å². The van der Waals surface area contributed by atoms with Gasteiger partial charge in [-0.05, 0) is 50.5 Å². The molecule has 6 nitrogen and oxygen atoms in total. The maximum absolute atomic E-state index is 12.2. The number of benzene rings is 2. The molecule has 0 bridgehead atoms. The van der Waals surface area contributed by atoms with Gasteiger partial charge in [0.25, 0.3) is 0 Å². The van der Waals surface area contributed by atoms with Crippen molar-refractivity contribution < 1.29 is 23.8 Å². The molecule has 0 aromatic heterocycles. The normalized spacial score (nSPS) is 11.8. The SMILES string of the molecule is C=Cc1cccc(OC[C@H](CCC(=O)OCc2ccccc2)NC(=O)OC(C)(C)C)c1. The summed E-state index contributed by atoms with van der Waals surface area (Å²) in [5.74, 6) is 0.313. The number of carbonyl (C=O) groups is 2. The molecule has 0 aliphatic carbocycles. The third kappa shape index (κ3) is 9.85. The highest BCUT2D eigenvalue weighted by Crippen LogP contribution is 2.15. The molecule has 1 N–H and O–H groups in total. The van der Waals surface area contributed by atoms with Gasteiger partial charge in [0.2, 0.25) is 0 Å². The molecule has 0 spiro atoms. The zero-order valence-electron chi connectivity index (χ0n) is 18.4. The molecule has 1 amide bonds. The van der Waals surface area contributed by atoms with Gasteiger partial charge in [-0.1, -0.05) is 55.1 Å². The second-order valence-corrected chi connectivity index (χ2v) is 8.12. The minimum atomic E-state index is -0.623. The molecule has 6 heteroatoms. The molecule has 0 fully saturated rings. The Morgan fingerprint density at radius 3 is 2.52 bits per heavy atom. The van der Waals surface area contributed by atoms with Gasteiger partial charge in [-0.2, -0.15) is 0 Å². The minimum absolute atomic E-state index is 0.142. The van der Waals surface area contributed by atoms with Crippen molar-refractivity contribution in [1.82, 2.24) is 5.32 Å². The number of hydrogen-bond acceptors (Lipinski definition) is 5. The average molecular weight is 426 g/mol. The number of hydrogen-bond donors (Lipinski definition) is 1. The van der Waals surface area contributed by atoms with Crippen molar-refractivity contribution in [2.45, 2.75) is 51.9 Å². The molecular formula is C25H31NO5. The molecule has 2 aromatic carbocycles. The summed E-state index contributed by atoms with van der Waals surface area (Å²) in [6.45, 7) is 9.53. The van der Waals surface area contributed by atoms with Crippen LogP contribution in [0.2, 0.25) is 0 Å². The lowest BCUT2D eigenvalue weighted by molar-refractivity contribution is -0.145. The molecule has 0 heterocycles. The van der Waals surface area contributed by atoms with Gasteiger partial charge < -0.3 is 19.5 Å². The van der Waals surface area contributed by atoms with Crippen LogP contribution in [0, 0.1) is 0 Å². The zero-order chi connectivity index (χ0) is 22.7. The summed E-state index contributed by atoms with van der Waals surface area (Å²) in [5, 5.41) is 2.79. The van der Waals surface area contributed by atoms with E-state index in [0.717, 1.165) is 11.1 Å². The number of rotatable bonds is 10. The summed E-state index contributed by atoms with van der Waals surface area (Å²) in [7, 11) is 0. The zero-order valence-corrected chi connectivity index (χ0v) is 18.4. The van der Waals surface area contributed by atoms with Crippen LogP contribution in [0.3, 0.4) is 0 Å². The monoisotopic (exact) mass is 425 g/mol. The molecule has 2 rings (SSSR count). The lowest BCUT2D eigenvalue weighted by atomic mass is 10.1. The van der Waals surface area contributed by atoms with Crippen molar-refractivity contribution in [2.75, 3.05) is 6.61 Å². The summed E-state index contributed by atoms with van der Waals surface area (Å²) >= 11 is 0. The topological polar surface area (TPSA) is 73.9 Å². The summed E-state index contributed by atoms with van der Waals surface area (Å²) in [6.07, 6.45) is 1.67. The fourth-order valence-corrected chi connectivity index (χ4v) is 2.70. The molecule has 166 valence electrons. The van der Waals surface area contributed by atoms with Crippen molar-refractivity contribution in [2.24, 2.45) is 0 Å². The van der Waals surface area contributed by atoms with E-state index in [-0.39, 0.29) is 25.6 Å². The van der Waals surface area contributed by atoms with E-state index in [1.165, 1.54) is 0 Å². The van der Waals surface area contributed by atoms with Gasteiger partial charge in [-0.15, -0.1) is 0 Å². The van der Waals surface area contributed by atoms with E-state index in [2.05, 4.69) is 11.9 Å². The van der Waals surface area contributed by atoms with Gasteiger partial charge in [0, 0.05) is 6.42 Å². The Labute approximate surface area is 184 Å². The Balaban J connectivity index is 1.91. The lowest BCUT2D eigenvalue weighted by Crippen LogP contribution is -2.42. The molecule has 0 radical (unpaired) electrons. The summed E-state index contributed by atoms with van der Waals surface area (Å²) in [6, 6.07) is 16.5. The van der Waals surface area contributed by atoms with Crippen LogP contribution in [0.4, 0.5) is 4.79 Å². The predicted molar refractivity (Wildman–Crippen MR) is 121 cm³/mol. The predicted octanol–water partition coefficient (Wildman–Crippen LogP) is 5.13. The molecular weight excluding hydrogens is 394 g/mol. The fourth-order valence-electron chi connectivity index (χ4n) is 2.70. The van der Waals surface area contributed by atoms with Gasteiger partial charge in [-0.3, -0.25) is 4.79 Å².